The minimum atomic E-state index is -0.576. The SMILES string of the molecule is CCOC(=O)c1ccccc1NC(=O)CNC(=O)c1cccc(F)c1. The van der Waals surface area contributed by atoms with Crippen molar-refractivity contribution in [3.63, 3.8) is 0 Å². The van der Waals surface area contributed by atoms with Gasteiger partial charge < -0.3 is 15.4 Å². The van der Waals surface area contributed by atoms with Crippen LogP contribution in [0.1, 0.15) is 27.6 Å². The summed E-state index contributed by atoms with van der Waals surface area (Å²) in [5.74, 6) is -2.20. The van der Waals surface area contributed by atoms with Gasteiger partial charge in [0, 0.05) is 5.56 Å². The fourth-order valence-corrected chi connectivity index (χ4v) is 2.07. The molecule has 7 heteroatoms. The summed E-state index contributed by atoms with van der Waals surface area (Å²) in [4.78, 5) is 35.7. The highest BCUT2D eigenvalue weighted by Crippen LogP contribution is 2.16. The molecule has 0 spiro atoms. The van der Waals surface area contributed by atoms with Crippen LogP contribution in [0.3, 0.4) is 0 Å². The van der Waals surface area contributed by atoms with Crippen LogP contribution in [0.15, 0.2) is 48.5 Å². The number of halogens is 1. The molecule has 0 heterocycles. The normalized spacial score (nSPS) is 10.0. The third kappa shape index (κ3) is 5.13. The van der Waals surface area contributed by atoms with Gasteiger partial charge in [0.15, 0.2) is 0 Å². The van der Waals surface area contributed by atoms with Gasteiger partial charge in [-0.25, -0.2) is 9.18 Å². The van der Waals surface area contributed by atoms with Gasteiger partial charge in [-0.1, -0.05) is 18.2 Å². The lowest BCUT2D eigenvalue weighted by Crippen LogP contribution is -2.33. The van der Waals surface area contributed by atoms with Crippen molar-refractivity contribution in [2.45, 2.75) is 6.92 Å². The Labute approximate surface area is 144 Å². The van der Waals surface area contributed by atoms with Crippen LogP contribution in [0.5, 0.6) is 0 Å². The molecule has 2 aromatic carbocycles. The number of rotatable bonds is 6. The van der Waals surface area contributed by atoms with Gasteiger partial charge in [-0.2, -0.15) is 0 Å². The molecule has 0 aliphatic heterocycles. The first-order chi connectivity index (χ1) is 12.0. The number of benzene rings is 2. The fraction of sp³-hybridized carbons (Fsp3) is 0.167. The smallest absolute Gasteiger partial charge is 0.340 e. The van der Waals surface area contributed by atoms with Gasteiger partial charge in [-0.05, 0) is 37.3 Å². The maximum absolute atomic E-state index is 13.1. The number of anilines is 1. The van der Waals surface area contributed by atoms with Crippen LogP contribution in [0.25, 0.3) is 0 Å². The van der Waals surface area contributed by atoms with Crippen molar-refractivity contribution < 1.29 is 23.5 Å². The molecule has 2 N–H and O–H groups in total. The fourth-order valence-electron chi connectivity index (χ4n) is 2.07. The molecule has 0 radical (unpaired) electrons. The molecule has 0 saturated carbocycles. The van der Waals surface area contributed by atoms with Crippen molar-refractivity contribution in [3.8, 4) is 0 Å². The van der Waals surface area contributed by atoms with Crippen molar-refractivity contribution in [2.24, 2.45) is 0 Å². The van der Waals surface area contributed by atoms with Gasteiger partial charge >= 0.3 is 5.97 Å². The number of nitrogens with one attached hydrogen (secondary N) is 2. The van der Waals surface area contributed by atoms with Crippen LogP contribution in [0.4, 0.5) is 10.1 Å². The third-order valence-corrected chi connectivity index (χ3v) is 3.19. The highest BCUT2D eigenvalue weighted by molar-refractivity contribution is 6.03. The second kappa shape index (κ2) is 8.58. The van der Waals surface area contributed by atoms with Crippen LogP contribution in [0.2, 0.25) is 0 Å². The van der Waals surface area contributed by atoms with Crippen LogP contribution in [0, 0.1) is 5.82 Å². The number of amides is 2. The zero-order chi connectivity index (χ0) is 18.2. The molecule has 25 heavy (non-hydrogen) atoms. The second-order valence-electron chi connectivity index (χ2n) is 5.01. The van der Waals surface area contributed by atoms with E-state index in [2.05, 4.69) is 10.6 Å². The van der Waals surface area contributed by atoms with Crippen LogP contribution in [-0.2, 0) is 9.53 Å². The predicted octanol–water partition coefficient (Wildman–Crippen LogP) is 2.37. The van der Waals surface area contributed by atoms with E-state index in [0.29, 0.717) is 0 Å². The monoisotopic (exact) mass is 344 g/mol. The number of para-hydroxylation sites is 1. The number of ether oxygens (including phenoxy) is 1. The summed E-state index contributed by atoms with van der Waals surface area (Å²) in [6, 6.07) is 11.5. The van der Waals surface area contributed by atoms with E-state index in [0.717, 1.165) is 6.07 Å². The van der Waals surface area contributed by atoms with Gasteiger partial charge in [0.05, 0.1) is 24.4 Å². The van der Waals surface area contributed by atoms with Gasteiger partial charge in [0.1, 0.15) is 5.82 Å². The van der Waals surface area contributed by atoms with Crippen molar-refractivity contribution in [1.82, 2.24) is 5.32 Å². The first kappa shape index (κ1) is 18.1. The van der Waals surface area contributed by atoms with E-state index in [-0.39, 0.29) is 30.0 Å². The molecule has 0 saturated heterocycles. The molecule has 0 aliphatic carbocycles. The number of carbonyl (C=O) groups excluding carboxylic acids is 3. The molecule has 0 aromatic heterocycles. The van der Waals surface area contributed by atoms with Crippen molar-refractivity contribution >= 4 is 23.5 Å². The Morgan fingerprint density at radius 2 is 1.84 bits per heavy atom. The molecule has 0 aliphatic rings. The minimum absolute atomic E-state index is 0.111. The van der Waals surface area contributed by atoms with E-state index in [9.17, 15) is 18.8 Å². The zero-order valence-electron chi connectivity index (χ0n) is 13.5. The molecule has 6 nitrogen and oxygen atoms in total. The molecule has 2 rings (SSSR count). The lowest BCUT2D eigenvalue weighted by Gasteiger charge is -2.11. The summed E-state index contributed by atoms with van der Waals surface area (Å²) in [7, 11) is 0. The first-order valence-electron chi connectivity index (χ1n) is 7.61. The Balaban J connectivity index is 1.97. The van der Waals surface area contributed by atoms with Gasteiger partial charge in [0.25, 0.3) is 5.91 Å². The van der Waals surface area contributed by atoms with Crippen LogP contribution in [-0.4, -0.2) is 30.9 Å². The molecular formula is C18H17FN2O4. The van der Waals surface area contributed by atoms with E-state index in [1.807, 2.05) is 0 Å². The third-order valence-electron chi connectivity index (χ3n) is 3.19. The van der Waals surface area contributed by atoms with Gasteiger partial charge in [-0.3, -0.25) is 9.59 Å². The van der Waals surface area contributed by atoms with Gasteiger partial charge in [0.2, 0.25) is 5.91 Å². The maximum Gasteiger partial charge on any atom is 0.340 e. The van der Waals surface area contributed by atoms with Crippen LogP contribution >= 0.6 is 0 Å². The molecule has 0 bridgehead atoms. The summed E-state index contributed by atoms with van der Waals surface area (Å²) in [6.45, 7) is 1.57. The first-order valence-corrected chi connectivity index (χ1v) is 7.61. The topological polar surface area (TPSA) is 84.5 Å². The number of esters is 1. The van der Waals surface area contributed by atoms with Crippen molar-refractivity contribution in [2.75, 3.05) is 18.5 Å². The summed E-state index contributed by atoms with van der Waals surface area (Å²) in [6.07, 6.45) is 0. The van der Waals surface area contributed by atoms with Crippen molar-refractivity contribution in [1.29, 1.82) is 0 Å². The Morgan fingerprint density at radius 1 is 1.08 bits per heavy atom. The molecule has 2 aromatic rings. The molecule has 0 fully saturated rings. The molecule has 2 amide bonds. The summed E-state index contributed by atoms with van der Waals surface area (Å²) < 4.78 is 18.0. The van der Waals surface area contributed by atoms with E-state index >= 15 is 0 Å². The molecule has 0 atom stereocenters. The lowest BCUT2D eigenvalue weighted by atomic mass is 10.2. The van der Waals surface area contributed by atoms with Crippen LogP contribution < -0.4 is 10.6 Å². The minimum Gasteiger partial charge on any atom is -0.462 e. The lowest BCUT2D eigenvalue weighted by molar-refractivity contribution is -0.115. The quantitative estimate of drug-likeness (QED) is 0.788. The van der Waals surface area contributed by atoms with E-state index in [4.69, 9.17) is 4.74 Å². The largest absolute Gasteiger partial charge is 0.462 e. The predicted molar refractivity (Wildman–Crippen MR) is 89.8 cm³/mol. The molecule has 0 unspecified atom stereocenters. The number of carbonyl (C=O) groups is 3. The van der Waals surface area contributed by atoms with E-state index < -0.39 is 23.6 Å². The Kier molecular flexibility index (Phi) is 6.22. The average molecular weight is 344 g/mol. The molecule has 130 valence electrons. The standard InChI is InChI=1S/C18H17FN2O4/c1-2-25-18(24)14-8-3-4-9-15(14)21-16(22)11-20-17(23)12-6-5-7-13(19)10-12/h3-10H,2,11H2,1H3,(H,20,23)(H,21,22). The summed E-state index contributed by atoms with van der Waals surface area (Å²) >= 11 is 0. The van der Waals surface area contributed by atoms with Crippen molar-refractivity contribution in [3.05, 3.63) is 65.5 Å². The summed E-state index contributed by atoms with van der Waals surface area (Å²) in [5.41, 5.74) is 0.611. The highest BCUT2D eigenvalue weighted by atomic mass is 19.1. The Morgan fingerprint density at radius 3 is 2.56 bits per heavy atom. The highest BCUT2D eigenvalue weighted by Gasteiger charge is 2.14. The number of hydrogen-bond donors (Lipinski definition) is 2. The van der Waals surface area contributed by atoms with Gasteiger partial charge in [-0.15, -0.1) is 0 Å². The average Bonchev–Trinajstić information content (AvgIpc) is 2.60. The molecular weight excluding hydrogens is 327 g/mol. The van der Waals surface area contributed by atoms with E-state index in [1.165, 1.54) is 24.3 Å². The Bertz CT molecular complexity index is 792. The zero-order valence-corrected chi connectivity index (χ0v) is 13.5. The second-order valence-corrected chi connectivity index (χ2v) is 5.01. The number of hydrogen-bond acceptors (Lipinski definition) is 4. The Hall–Kier alpha value is -3.22. The maximum atomic E-state index is 13.1. The summed E-state index contributed by atoms with van der Waals surface area (Å²) in [5, 5.41) is 4.93. The van der Waals surface area contributed by atoms with E-state index in [1.54, 1.807) is 25.1 Å².